The molecular formula is C37H47FN4O6S. The van der Waals surface area contributed by atoms with E-state index in [0.29, 0.717) is 29.0 Å². The highest BCUT2D eigenvalue weighted by molar-refractivity contribution is 7.90. The third-order valence-electron chi connectivity index (χ3n) is 9.21. The van der Waals surface area contributed by atoms with E-state index in [9.17, 15) is 23.1 Å². The Bertz CT molecular complexity index is 1770. The van der Waals surface area contributed by atoms with Crippen molar-refractivity contribution in [2.75, 3.05) is 11.9 Å². The first-order valence-corrected chi connectivity index (χ1v) is 18.1. The first kappa shape index (κ1) is 36.4. The molecule has 1 aromatic heterocycles. The second-order valence-corrected chi connectivity index (χ2v) is 17.7. The summed E-state index contributed by atoms with van der Waals surface area (Å²) in [6, 6.07) is 15.2. The molecule has 3 aromatic rings. The van der Waals surface area contributed by atoms with Gasteiger partial charge in [0.05, 0.1) is 22.5 Å². The summed E-state index contributed by atoms with van der Waals surface area (Å²) in [4.78, 5) is 32.7. The molecule has 12 heteroatoms. The van der Waals surface area contributed by atoms with Crippen LogP contribution in [-0.2, 0) is 30.7 Å². The lowest BCUT2D eigenvalue weighted by Gasteiger charge is -2.38. The second kappa shape index (κ2) is 13.4. The molecule has 1 aliphatic carbocycles. The molecule has 2 heterocycles. The molecule has 1 saturated heterocycles. The van der Waals surface area contributed by atoms with Crippen LogP contribution in [0.4, 0.5) is 14.9 Å². The number of pyridine rings is 1. The zero-order valence-electron chi connectivity index (χ0n) is 29.0. The van der Waals surface area contributed by atoms with Crippen molar-refractivity contribution in [3.63, 3.8) is 0 Å². The summed E-state index contributed by atoms with van der Waals surface area (Å²) in [5.41, 5.74) is -2.36. The summed E-state index contributed by atoms with van der Waals surface area (Å²) < 4.78 is 50.7. The molecule has 2 aliphatic rings. The lowest BCUT2D eigenvalue weighted by molar-refractivity contribution is -0.120. The number of amides is 2. The quantitative estimate of drug-likeness (QED) is 0.230. The van der Waals surface area contributed by atoms with Gasteiger partial charge in [0.2, 0.25) is 15.9 Å². The van der Waals surface area contributed by atoms with Gasteiger partial charge in [0.15, 0.2) is 0 Å². The van der Waals surface area contributed by atoms with Crippen molar-refractivity contribution in [2.24, 2.45) is 5.92 Å². The van der Waals surface area contributed by atoms with Gasteiger partial charge in [0, 0.05) is 18.8 Å². The number of benzene rings is 2. The number of carbonyl (C=O) groups is 2. The number of anilines is 1. The van der Waals surface area contributed by atoms with Crippen LogP contribution in [-0.4, -0.2) is 58.3 Å². The number of nitrogens with one attached hydrogen (secondary N) is 2. The van der Waals surface area contributed by atoms with Crippen LogP contribution in [0.5, 0.6) is 0 Å². The monoisotopic (exact) mass is 694 g/mol. The Morgan fingerprint density at radius 3 is 2.24 bits per heavy atom. The van der Waals surface area contributed by atoms with Crippen molar-refractivity contribution in [1.29, 1.82) is 0 Å². The van der Waals surface area contributed by atoms with Crippen LogP contribution in [0.1, 0.15) is 90.3 Å². The molecule has 2 amide bonds. The molecule has 0 radical (unpaired) electrons. The molecule has 2 aromatic carbocycles. The summed E-state index contributed by atoms with van der Waals surface area (Å²) in [5.74, 6) is -1.03. The highest BCUT2D eigenvalue weighted by Crippen LogP contribution is 2.43. The van der Waals surface area contributed by atoms with Crippen molar-refractivity contribution in [3.05, 3.63) is 95.6 Å². The predicted molar refractivity (Wildman–Crippen MR) is 185 cm³/mol. The van der Waals surface area contributed by atoms with Gasteiger partial charge in [0.25, 0.3) is 0 Å². The lowest BCUT2D eigenvalue weighted by atomic mass is 9.79. The molecule has 3 N–H and O–H groups in total. The fraction of sp³-hybridized carbons (Fsp3) is 0.486. The van der Waals surface area contributed by atoms with E-state index in [2.05, 4.69) is 15.0 Å². The van der Waals surface area contributed by atoms with E-state index in [0.717, 1.165) is 19.3 Å². The van der Waals surface area contributed by atoms with Gasteiger partial charge in [-0.2, -0.15) is 0 Å². The lowest BCUT2D eigenvalue weighted by Crippen LogP contribution is -2.52. The average Bonchev–Trinajstić information content (AvgIpc) is 3.79. The number of halogens is 1. The zero-order valence-corrected chi connectivity index (χ0v) is 29.8. The Morgan fingerprint density at radius 2 is 1.65 bits per heavy atom. The van der Waals surface area contributed by atoms with Gasteiger partial charge in [0.1, 0.15) is 23.1 Å². The Kier molecular flexibility index (Phi) is 9.99. The topological polar surface area (TPSA) is 138 Å². The van der Waals surface area contributed by atoms with Crippen molar-refractivity contribution < 1.29 is 32.2 Å². The van der Waals surface area contributed by atoms with Crippen molar-refractivity contribution in [3.8, 4) is 0 Å². The smallest absolute Gasteiger partial charge is 0.411 e. The number of carbonyl (C=O) groups excluding carboxylic acids is 2. The van der Waals surface area contributed by atoms with Gasteiger partial charge in [-0.05, 0) is 101 Å². The number of rotatable bonds is 10. The maximum atomic E-state index is 15.6. The zero-order chi connectivity index (χ0) is 35.8. The van der Waals surface area contributed by atoms with Gasteiger partial charge in [-0.3, -0.25) is 14.7 Å². The first-order valence-electron chi connectivity index (χ1n) is 16.7. The highest BCUT2D eigenvalue weighted by Gasteiger charge is 2.50. The normalized spacial score (nSPS) is 21.2. The van der Waals surface area contributed by atoms with Gasteiger partial charge in [-0.1, -0.05) is 49.2 Å². The van der Waals surface area contributed by atoms with Crippen molar-refractivity contribution in [2.45, 2.75) is 101 Å². The summed E-state index contributed by atoms with van der Waals surface area (Å²) >= 11 is 0. The summed E-state index contributed by atoms with van der Waals surface area (Å²) in [5, 5.41) is 14.4. The molecule has 0 spiro atoms. The minimum atomic E-state index is -3.95. The Hall–Kier alpha value is -3.87. The van der Waals surface area contributed by atoms with E-state index in [1.807, 2.05) is 0 Å². The molecule has 49 heavy (non-hydrogen) atoms. The molecule has 0 bridgehead atoms. The molecule has 1 aliphatic heterocycles. The second-order valence-electron chi connectivity index (χ2n) is 15.3. The Morgan fingerprint density at radius 1 is 1.00 bits per heavy atom. The molecule has 1 saturated carbocycles. The molecule has 1 unspecified atom stereocenters. The minimum absolute atomic E-state index is 0.156. The number of hydrogen-bond acceptors (Lipinski definition) is 7. The Labute approximate surface area is 288 Å². The number of nitrogens with zero attached hydrogens (tertiary/aromatic N) is 2. The van der Waals surface area contributed by atoms with Crippen LogP contribution in [0.15, 0.2) is 73.1 Å². The van der Waals surface area contributed by atoms with Crippen LogP contribution >= 0.6 is 0 Å². The molecule has 10 nitrogen and oxygen atoms in total. The molecule has 5 rings (SSSR count). The van der Waals surface area contributed by atoms with Crippen LogP contribution in [0, 0.1) is 11.7 Å². The number of likely N-dealkylation sites (tertiary alicyclic amines) is 1. The summed E-state index contributed by atoms with van der Waals surface area (Å²) in [6.07, 6.45) is 5.42. The van der Waals surface area contributed by atoms with Gasteiger partial charge >= 0.3 is 6.09 Å². The predicted octanol–water partition coefficient (Wildman–Crippen LogP) is 6.21. The van der Waals surface area contributed by atoms with Crippen LogP contribution in [0.25, 0.3) is 0 Å². The third-order valence-corrected chi connectivity index (χ3v) is 11.4. The molecule has 264 valence electrons. The van der Waals surface area contributed by atoms with Crippen LogP contribution < -0.4 is 10.0 Å². The van der Waals surface area contributed by atoms with E-state index >= 15 is 4.39 Å². The largest absolute Gasteiger partial charge is 0.444 e. The summed E-state index contributed by atoms with van der Waals surface area (Å²) in [6.45, 7) is 9.72. The van der Waals surface area contributed by atoms with Crippen LogP contribution in [0.2, 0.25) is 0 Å². The number of sulfonamides is 1. The molecule has 2 fully saturated rings. The van der Waals surface area contributed by atoms with E-state index in [4.69, 9.17) is 4.74 Å². The van der Waals surface area contributed by atoms with E-state index in [1.165, 1.54) is 23.1 Å². The summed E-state index contributed by atoms with van der Waals surface area (Å²) in [7, 11) is -3.95. The first-order chi connectivity index (χ1) is 22.8. The van der Waals surface area contributed by atoms with Gasteiger partial charge < -0.3 is 15.2 Å². The average molecular weight is 695 g/mol. The number of hydrogen-bond donors (Lipinski definition) is 3. The number of aromatic nitrogens is 1. The Balaban J connectivity index is 1.55. The van der Waals surface area contributed by atoms with Crippen molar-refractivity contribution in [1.82, 2.24) is 14.6 Å². The van der Waals surface area contributed by atoms with Crippen molar-refractivity contribution >= 4 is 27.7 Å². The number of ether oxygens (including phenoxy) is 1. The molecule has 3 atom stereocenters. The van der Waals surface area contributed by atoms with Crippen LogP contribution in [0.3, 0.4) is 0 Å². The van der Waals surface area contributed by atoms with E-state index in [1.54, 1.807) is 96.4 Å². The SMILES string of the molecule is CC(C)(C)OC(=O)N1C[C@@](O)(c2ccccc2)C[C@@H]1C(=O)Nc1cc(C(CCC2CC2)(NS(=O)(=O)C(C)(C)C)c2ccncc2)ccc1F. The number of β-amino-alcohol motifs (C(OH)–C–C–N with tert-alkyl or cyclic N) is 1. The standard InChI is InChI=1S/C37H47FN4O6S/c1-34(2,3)48-33(44)42-24-36(45,26-10-8-7-9-11-26)23-31(42)32(43)40-30-22-28(14-15-29(30)38)37(19-16-25-12-13-25,27-17-20-39-21-18-27)41-49(46,47)35(4,5)6/h7-11,14-15,17-18,20-22,25,31,41,45H,12-13,16,19,23-24H2,1-6H3,(H,40,43)/t31-,36-,37?/m1/s1. The molecular weight excluding hydrogens is 647 g/mol. The van der Waals surface area contributed by atoms with Gasteiger partial charge in [-0.25, -0.2) is 22.3 Å². The minimum Gasteiger partial charge on any atom is -0.444 e. The fourth-order valence-electron chi connectivity index (χ4n) is 6.16. The number of aliphatic hydroxyl groups is 1. The van der Waals surface area contributed by atoms with E-state index < -0.39 is 55.4 Å². The maximum absolute atomic E-state index is 15.6. The fourth-order valence-corrected chi connectivity index (χ4v) is 7.27. The van der Waals surface area contributed by atoms with E-state index in [-0.39, 0.29) is 18.7 Å². The van der Waals surface area contributed by atoms with Gasteiger partial charge in [-0.15, -0.1) is 0 Å². The maximum Gasteiger partial charge on any atom is 0.411 e. The highest BCUT2D eigenvalue weighted by atomic mass is 32.2. The third kappa shape index (κ3) is 8.13.